The second-order valence-electron chi connectivity index (χ2n) is 6.98. The van der Waals surface area contributed by atoms with E-state index in [4.69, 9.17) is 9.47 Å². The number of ether oxygens (including phenoxy) is 2. The fraction of sp³-hybridized carbons (Fsp3) is 0.765. The molecule has 146 valence electrons. The highest BCUT2D eigenvalue weighted by molar-refractivity contribution is 5.44. The van der Waals surface area contributed by atoms with Crippen LogP contribution in [0.3, 0.4) is 0 Å². The van der Waals surface area contributed by atoms with Gasteiger partial charge in [0, 0.05) is 32.4 Å². The molecule has 26 heavy (non-hydrogen) atoms. The Morgan fingerprint density at radius 2 is 1.50 bits per heavy atom. The number of halogens is 3. The molecule has 0 bridgehead atoms. The van der Waals surface area contributed by atoms with Crippen molar-refractivity contribution in [2.75, 3.05) is 24.9 Å². The first-order valence-electron chi connectivity index (χ1n) is 8.92. The van der Waals surface area contributed by atoms with Crippen molar-refractivity contribution in [3.63, 3.8) is 0 Å². The number of hydrogen-bond donors (Lipinski definition) is 2. The molecule has 0 spiro atoms. The van der Waals surface area contributed by atoms with Gasteiger partial charge in [-0.1, -0.05) is 0 Å². The molecule has 0 radical (unpaired) electrons. The van der Waals surface area contributed by atoms with Crippen molar-refractivity contribution in [1.29, 1.82) is 0 Å². The number of nitrogens with zero attached hydrogens (tertiary/aromatic N) is 2. The summed E-state index contributed by atoms with van der Waals surface area (Å²) in [4.78, 5) is 7.93. The van der Waals surface area contributed by atoms with E-state index < -0.39 is 11.9 Å². The van der Waals surface area contributed by atoms with Crippen LogP contribution in [0.2, 0.25) is 0 Å². The quantitative estimate of drug-likeness (QED) is 0.795. The Kier molecular flexibility index (Phi) is 5.86. The van der Waals surface area contributed by atoms with Crippen LogP contribution in [0.4, 0.5) is 24.9 Å². The first kappa shape index (κ1) is 19.2. The number of alkyl halides is 3. The van der Waals surface area contributed by atoms with Crippen molar-refractivity contribution in [2.45, 2.75) is 69.0 Å². The van der Waals surface area contributed by atoms with E-state index in [1.807, 2.05) is 0 Å². The van der Waals surface area contributed by atoms with E-state index in [2.05, 4.69) is 20.6 Å². The van der Waals surface area contributed by atoms with Crippen LogP contribution in [-0.4, -0.2) is 48.5 Å². The Morgan fingerprint density at radius 1 is 0.923 bits per heavy atom. The summed E-state index contributed by atoms with van der Waals surface area (Å²) >= 11 is 0. The van der Waals surface area contributed by atoms with Crippen LogP contribution >= 0.6 is 0 Å². The largest absolute Gasteiger partial charge is 0.433 e. The molecular weight excluding hydrogens is 349 g/mol. The first-order chi connectivity index (χ1) is 12.4. The Balaban J connectivity index is 1.74. The molecule has 0 saturated heterocycles. The number of methoxy groups -OCH3 is 2. The van der Waals surface area contributed by atoms with Crippen LogP contribution in [0.15, 0.2) is 6.07 Å². The van der Waals surface area contributed by atoms with Gasteiger partial charge < -0.3 is 20.1 Å². The van der Waals surface area contributed by atoms with Gasteiger partial charge in [-0.15, -0.1) is 0 Å². The van der Waals surface area contributed by atoms with Gasteiger partial charge in [-0.05, 0) is 38.5 Å². The number of rotatable bonds is 6. The van der Waals surface area contributed by atoms with E-state index in [9.17, 15) is 13.2 Å². The van der Waals surface area contributed by atoms with Gasteiger partial charge in [0.25, 0.3) is 0 Å². The second kappa shape index (κ2) is 7.96. The maximum absolute atomic E-state index is 13.2. The van der Waals surface area contributed by atoms with E-state index in [0.717, 1.165) is 44.6 Å². The van der Waals surface area contributed by atoms with Crippen LogP contribution in [0, 0.1) is 0 Å². The molecule has 0 aromatic carbocycles. The lowest BCUT2D eigenvalue weighted by Crippen LogP contribution is -2.23. The normalized spacial score (nSPS) is 29.1. The maximum atomic E-state index is 13.2. The molecule has 4 unspecified atom stereocenters. The predicted molar refractivity (Wildman–Crippen MR) is 91.2 cm³/mol. The molecule has 2 saturated carbocycles. The topological polar surface area (TPSA) is 68.3 Å². The average molecular weight is 374 g/mol. The summed E-state index contributed by atoms with van der Waals surface area (Å²) in [5, 5.41) is 6.14. The summed E-state index contributed by atoms with van der Waals surface area (Å²) in [6.07, 6.45) is 0.642. The van der Waals surface area contributed by atoms with Crippen molar-refractivity contribution in [2.24, 2.45) is 0 Å². The molecule has 0 amide bonds. The van der Waals surface area contributed by atoms with Crippen LogP contribution in [0.1, 0.15) is 44.2 Å². The molecule has 1 aromatic heterocycles. The van der Waals surface area contributed by atoms with Gasteiger partial charge in [0.2, 0.25) is 5.95 Å². The zero-order valence-electron chi connectivity index (χ0n) is 15.0. The van der Waals surface area contributed by atoms with Crippen molar-refractivity contribution >= 4 is 11.8 Å². The fourth-order valence-corrected chi connectivity index (χ4v) is 3.69. The zero-order chi connectivity index (χ0) is 18.7. The molecule has 3 rings (SSSR count). The monoisotopic (exact) mass is 374 g/mol. The first-order valence-corrected chi connectivity index (χ1v) is 8.92. The average Bonchev–Trinajstić information content (AvgIpc) is 3.23. The molecule has 4 atom stereocenters. The van der Waals surface area contributed by atoms with Crippen molar-refractivity contribution in [3.05, 3.63) is 11.8 Å². The fourth-order valence-electron chi connectivity index (χ4n) is 3.69. The van der Waals surface area contributed by atoms with Gasteiger partial charge in [-0.3, -0.25) is 0 Å². The van der Waals surface area contributed by atoms with E-state index in [-0.39, 0.29) is 36.1 Å². The molecule has 2 aliphatic rings. The molecule has 9 heteroatoms. The minimum Gasteiger partial charge on any atom is -0.381 e. The van der Waals surface area contributed by atoms with Crippen LogP contribution in [0.5, 0.6) is 0 Å². The van der Waals surface area contributed by atoms with Gasteiger partial charge in [0.1, 0.15) is 5.82 Å². The standard InChI is InChI=1S/C17H25F3N4O2/c1-25-12-5-3-10(7-12)21-15-9-14(17(18,19)20)23-16(24-15)22-11-4-6-13(8-11)26-2/h9-13H,3-8H2,1-2H3,(H2,21,22,23,24). The number of anilines is 2. The SMILES string of the molecule is COC1CCC(Nc2cc(C(F)(F)F)nc(NC3CCC(OC)C3)n2)C1. The molecule has 6 nitrogen and oxygen atoms in total. The third-order valence-corrected chi connectivity index (χ3v) is 5.14. The minimum atomic E-state index is -4.52. The third kappa shape index (κ3) is 4.76. The van der Waals surface area contributed by atoms with Crippen molar-refractivity contribution < 1.29 is 22.6 Å². The lowest BCUT2D eigenvalue weighted by atomic mass is 10.2. The van der Waals surface area contributed by atoms with E-state index in [0.29, 0.717) is 0 Å². The van der Waals surface area contributed by atoms with Gasteiger partial charge in [-0.25, -0.2) is 4.98 Å². The minimum absolute atomic E-state index is 0.00497. The number of hydrogen-bond acceptors (Lipinski definition) is 6. The van der Waals surface area contributed by atoms with Gasteiger partial charge in [0.05, 0.1) is 12.2 Å². The summed E-state index contributed by atoms with van der Waals surface area (Å²) in [7, 11) is 3.29. The van der Waals surface area contributed by atoms with Crippen molar-refractivity contribution in [3.8, 4) is 0 Å². The molecule has 2 fully saturated rings. The van der Waals surface area contributed by atoms with Gasteiger partial charge in [0.15, 0.2) is 5.69 Å². The third-order valence-electron chi connectivity index (χ3n) is 5.14. The summed E-state index contributed by atoms with van der Waals surface area (Å²) in [6, 6.07) is 1.03. The van der Waals surface area contributed by atoms with Crippen molar-refractivity contribution in [1.82, 2.24) is 9.97 Å². The highest BCUT2D eigenvalue weighted by atomic mass is 19.4. The van der Waals surface area contributed by atoms with Gasteiger partial charge in [-0.2, -0.15) is 18.2 Å². The second-order valence-corrected chi connectivity index (χ2v) is 6.98. The van der Waals surface area contributed by atoms with Crippen LogP contribution < -0.4 is 10.6 Å². The lowest BCUT2D eigenvalue weighted by Gasteiger charge is -2.18. The number of aromatic nitrogens is 2. The summed E-state index contributed by atoms with van der Waals surface area (Å²) in [5.41, 5.74) is -0.944. The predicted octanol–water partition coefficient (Wildman–Crippen LogP) is 3.45. The molecule has 2 N–H and O–H groups in total. The van der Waals surface area contributed by atoms with Crippen LogP contribution in [0.25, 0.3) is 0 Å². The lowest BCUT2D eigenvalue weighted by molar-refractivity contribution is -0.141. The molecular formula is C17H25F3N4O2. The molecule has 2 aliphatic carbocycles. The summed E-state index contributed by atoms with van der Waals surface area (Å²) in [6.45, 7) is 0. The van der Waals surface area contributed by atoms with E-state index in [1.54, 1.807) is 14.2 Å². The Hall–Kier alpha value is -1.61. The Labute approximate surface area is 150 Å². The van der Waals surface area contributed by atoms with E-state index in [1.165, 1.54) is 0 Å². The molecule has 1 heterocycles. The highest BCUT2D eigenvalue weighted by Gasteiger charge is 2.35. The summed E-state index contributed by atoms with van der Waals surface area (Å²) < 4.78 is 50.3. The maximum Gasteiger partial charge on any atom is 0.433 e. The van der Waals surface area contributed by atoms with Crippen LogP contribution in [-0.2, 0) is 15.7 Å². The highest BCUT2D eigenvalue weighted by Crippen LogP contribution is 2.32. The van der Waals surface area contributed by atoms with Gasteiger partial charge >= 0.3 is 6.18 Å². The Bertz CT molecular complexity index is 572. The zero-order valence-corrected chi connectivity index (χ0v) is 15.0. The molecule has 1 aromatic rings. The summed E-state index contributed by atoms with van der Waals surface area (Å²) in [5.74, 6) is 0.197. The Morgan fingerprint density at radius 3 is 2.00 bits per heavy atom. The number of nitrogens with one attached hydrogen (secondary N) is 2. The molecule has 0 aliphatic heterocycles. The van der Waals surface area contributed by atoms with E-state index >= 15 is 0 Å². The smallest absolute Gasteiger partial charge is 0.381 e.